The Balaban J connectivity index is 2.13. The average Bonchev–Trinajstić information content (AvgIpc) is 2.34. The largest absolute Gasteiger partial charge is 0.494 e. The number of halogens is 1. The van der Waals surface area contributed by atoms with E-state index >= 15 is 0 Å². The molecule has 0 spiro atoms. The number of benzene rings is 1. The lowest BCUT2D eigenvalue weighted by molar-refractivity contribution is 0.317. The highest BCUT2D eigenvalue weighted by Crippen LogP contribution is 2.41. The van der Waals surface area contributed by atoms with E-state index in [-0.39, 0.29) is 10.8 Å². The van der Waals surface area contributed by atoms with Crippen LogP contribution in [0.25, 0.3) is 5.57 Å². The summed E-state index contributed by atoms with van der Waals surface area (Å²) < 4.78 is 5.61. The van der Waals surface area contributed by atoms with E-state index in [0.717, 1.165) is 31.6 Å². The molecular weight excluding hydrogens is 256 g/mol. The molecule has 1 unspecified atom stereocenters. The third-order valence-electron chi connectivity index (χ3n) is 3.50. The van der Waals surface area contributed by atoms with E-state index in [2.05, 4.69) is 51.1 Å². The van der Waals surface area contributed by atoms with E-state index in [9.17, 15) is 0 Å². The van der Waals surface area contributed by atoms with Crippen molar-refractivity contribution in [1.29, 1.82) is 0 Å². The van der Waals surface area contributed by atoms with Crippen LogP contribution in [0, 0.1) is 5.41 Å². The van der Waals surface area contributed by atoms with Crippen molar-refractivity contribution in [3.05, 3.63) is 35.9 Å². The predicted octanol–water partition coefficient (Wildman–Crippen LogP) is 5.29. The number of hydrogen-bond donors (Lipinski definition) is 0. The minimum absolute atomic E-state index is 0.148. The Morgan fingerprint density at radius 1 is 1.26 bits per heavy atom. The van der Waals surface area contributed by atoms with E-state index in [1.807, 2.05) is 0 Å². The average molecular weight is 279 g/mol. The van der Waals surface area contributed by atoms with E-state index in [1.165, 1.54) is 11.1 Å². The van der Waals surface area contributed by atoms with E-state index in [4.69, 9.17) is 16.3 Å². The number of alkyl halides is 1. The van der Waals surface area contributed by atoms with Gasteiger partial charge in [0, 0.05) is 0 Å². The molecule has 0 heterocycles. The molecule has 0 saturated heterocycles. The van der Waals surface area contributed by atoms with Crippen molar-refractivity contribution in [3.8, 4) is 5.75 Å². The third-order valence-corrected chi connectivity index (χ3v) is 3.78. The highest BCUT2D eigenvalue weighted by molar-refractivity contribution is 6.22. The van der Waals surface area contributed by atoms with Crippen LogP contribution in [0.15, 0.2) is 30.3 Å². The summed E-state index contributed by atoms with van der Waals surface area (Å²) in [5.74, 6) is 0.948. The van der Waals surface area contributed by atoms with Crippen LogP contribution in [0.3, 0.4) is 0 Å². The minimum Gasteiger partial charge on any atom is -0.494 e. The van der Waals surface area contributed by atoms with Crippen LogP contribution in [0.4, 0.5) is 0 Å². The topological polar surface area (TPSA) is 9.23 Å². The van der Waals surface area contributed by atoms with Crippen LogP contribution in [-0.4, -0.2) is 12.0 Å². The smallest absolute Gasteiger partial charge is 0.119 e. The van der Waals surface area contributed by atoms with Gasteiger partial charge in [0.25, 0.3) is 0 Å². The Kier molecular flexibility index (Phi) is 4.57. The fraction of sp³-hybridized carbons (Fsp3) is 0.529. The molecule has 2 rings (SSSR count). The first-order valence-corrected chi connectivity index (χ1v) is 7.52. The summed E-state index contributed by atoms with van der Waals surface area (Å²) in [5.41, 5.74) is 2.91. The molecule has 0 amide bonds. The molecule has 1 aliphatic carbocycles. The van der Waals surface area contributed by atoms with Crippen LogP contribution < -0.4 is 4.74 Å². The van der Waals surface area contributed by atoms with Crippen molar-refractivity contribution in [1.82, 2.24) is 0 Å². The summed E-state index contributed by atoms with van der Waals surface area (Å²) in [6.07, 6.45) is 5.38. The maximum absolute atomic E-state index is 6.34. The fourth-order valence-electron chi connectivity index (χ4n) is 2.64. The molecule has 1 atom stereocenters. The van der Waals surface area contributed by atoms with Gasteiger partial charge in [-0.1, -0.05) is 39.0 Å². The zero-order valence-corrected chi connectivity index (χ0v) is 12.8. The van der Waals surface area contributed by atoms with Gasteiger partial charge < -0.3 is 4.74 Å². The third kappa shape index (κ3) is 4.01. The van der Waals surface area contributed by atoms with Crippen molar-refractivity contribution in [2.24, 2.45) is 5.41 Å². The van der Waals surface area contributed by atoms with Crippen LogP contribution in [0.1, 0.15) is 45.6 Å². The van der Waals surface area contributed by atoms with Gasteiger partial charge in [-0.15, -0.1) is 11.6 Å². The first-order valence-electron chi connectivity index (χ1n) is 7.08. The summed E-state index contributed by atoms with van der Waals surface area (Å²) in [6, 6.07) is 8.39. The lowest BCUT2D eigenvalue weighted by Gasteiger charge is -2.32. The molecule has 1 nitrogen and oxygen atoms in total. The molecule has 0 fully saturated rings. The summed E-state index contributed by atoms with van der Waals surface area (Å²) in [4.78, 5) is 0. The molecule has 19 heavy (non-hydrogen) atoms. The highest BCUT2D eigenvalue weighted by Gasteiger charge is 2.28. The Morgan fingerprint density at radius 2 is 1.95 bits per heavy atom. The zero-order chi connectivity index (χ0) is 13.9. The van der Waals surface area contributed by atoms with Crippen molar-refractivity contribution in [2.75, 3.05) is 6.61 Å². The SMILES string of the molecule is CCCOc1ccc(C2=CC(Cl)CC(C)(C)C2)cc1. The van der Waals surface area contributed by atoms with Crippen LogP contribution in [0.2, 0.25) is 0 Å². The van der Waals surface area contributed by atoms with Gasteiger partial charge in [-0.25, -0.2) is 0 Å². The number of hydrogen-bond acceptors (Lipinski definition) is 1. The summed E-state index contributed by atoms with van der Waals surface area (Å²) in [6.45, 7) is 7.46. The maximum Gasteiger partial charge on any atom is 0.119 e. The van der Waals surface area contributed by atoms with E-state index in [1.54, 1.807) is 0 Å². The van der Waals surface area contributed by atoms with Gasteiger partial charge in [-0.2, -0.15) is 0 Å². The zero-order valence-electron chi connectivity index (χ0n) is 12.1. The van der Waals surface area contributed by atoms with E-state index in [0.29, 0.717) is 0 Å². The monoisotopic (exact) mass is 278 g/mol. The number of ether oxygens (including phenoxy) is 1. The fourth-order valence-corrected chi connectivity index (χ4v) is 3.21. The van der Waals surface area contributed by atoms with Crippen molar-refractivity contribution < 1.29 is 4.74 Å². The molecule has 0 bridgehead atoms. The van der Waals surface area contributed by atoms with Crippen LogP contribution >= 0.6 is 11.6 Å². The van der Waals surface area contributed by atoms with Gasteiger partial charge in [0.1, 0.15) is 5.75 Å². The molecule has 0 aliphatic heterocycles. The van der Waals surface area contributed by atoms with Crippen molar-refractivity contribution in [3.63, 3.8) is 0 Å². The summed E-state index contributed by atoms with van der Waals surface area (Å²) in [7, 11) is 0. The lowest BCUT2D eigenvalue weighted by Crippen LogP contribution is -2.21. The molecule has 0 radical (unpaired) electrons. The molecule has 2 heteroatoms. The van der Waals surface area contributed by atoms with Crippen LogP contribution in [-0.2, 0) is 0 Å². The standard InChI is InChI=1S/C17H23ClO/c1-4-9-19-16-7-5-13(6-8-16)14-10-15(18)12-17(2,3)11-14/h5-8,10,15H,4,9,11-12H2,1-3H3. The van der Waals surface area contributed by atoms with Gasteiger partial charge in [0.2, 0.25) is 0 Å². The van der Waals surface area contributed by atoms with Gasteiger partial charge in [-0.3, -0.25) is 0 Å². The van der Waals surface area contributed by atoms with E-state index < -0.39 is 0 Å². The molecular formula is C17H23ClO. The lowest BCUT2D eigenvalue weighted by atomic mass is 9.75. The Labute approximate surface area is 121 Å². The molecule has 1 aliphatic rings. The second-order valence-corrected chi connectivity index (χ2v) is 6.69. The van der Waals surface area contributed by atoms with Crippen molar-refractivity contribution >= 4 is 17.2 Å². The Bertz CT molecular complexity index is 445. The van der Waals surface area contributed by atoms with Gasteiger partial charge in [0.15, 0.2) is 0 Å². The second-order valence-electron chi connectivity index (χ2n) is 6.13. The molecule has 1 aromatic rings. The number of rotatable bonds is 4. The molecule has 1 aromatic carbocycles. The summed E-state index contributed by atoms with van der Waals surface area (Å²) >= 11 is 6.34. The van der Waals surface area contributed by atoms with Gasteiger partial charge in [-0.05, 0) is 47.9 Å². The second kappa shape index (κ2) is 6.00. The Morgan fingerprint density at radius 3 is 2.53 bits per heavy atom. The summed E-state index contributed by atoms with van der Waals surface area (Å²) in [5, 5.41) is 0.148. The van der Waals surface area contributed by atoms with Crippen LogP contribution in [0.5, 0.6) is 5.75 Å². The minimum atomic E-state index is 0.148. The maximum atomic E-state index is 6.34. The molecule has 0 N–H and O–H groups in total. The quantitative estimate of drug-likeness (QED) is 0.680. The predicted molar refractivity (Wildman–Crippen MR) is 82.9 cm³/mol. The molecule has 0 aromatic heterocycles. The highest BCUT2D eigenvalue weighted by atomic mass is 35.5. The van der Waals surface area contributed by atoms with Gasteiger partial charge >= 0.3 is 0 Å². The molecule has 104 valence electrons. The first-order chi connectivity index (χ1) is 9.00. The first kappa shape index (κ1) is 14.5. The Hall–Kier alpha value is -0.950. The van der Waals surface area contributed by atoms with Crippen molar-refractivity contribution in [2.45, 2.75) is 45.4 Å². The normalized spacial score (nSPS) is 21.9. The number of allylic oxidation sites excluding steroid dienone is 2. The van der Waals surface area contributed by atoms with Gasteiger partial charge in [0.05, 0.1) is 12.0 Å². The molecule has 0 saturated carbocycles.